The van der Waals surface area contributed by atoms with E-state index in [1.54, 1.807) is 6.07 Å². The summed E-state index contributed by atoms with van der Waals surface area (Å²) in [6.07, 6.45) is 0.330. The van der Waals surface area contributed by atoms with Gasteiger partial charge in [0.05, 0.1) is 12.5 Å². The third kappa shape index (κ3) is 2.21. The zero-order valence-electron chi connectivity index (χ0n) is 10.5. The molecule has 1 amide bonds. The van der Waals surface area contributed by atoms with Gasteiger partial charge >= 0.3 is 0 Å². The topological polar surface area (TPSA) is 68.7 Å². The average molecular weight is 241 g/mol. The summed E-state index contributed by atoms with van der Waals surface area (Å²) in [5.41, 5.74) is 3.95. The predicted octanol–water partition coefficient (Wildman–Crippen LogP) is 2.43. The molecular weight excluding hydrogens is 226 g/mol. The van der Waals surface area contributed by atoms with Crippen LogP contribution in [0.2, 0.25) is 0 Å². The van der Waals surface area contributed by atoms with Crippen molar-refractivity contribution in [2.24, 2.45) is 0 Å². The summed E-state index contributed by atoms with van der Waals surface area (Å²) in [5.74, 6) is -0.134. The van der Waals surface area contributed by atoms with Gasteiger partial charge in [-0.2, -0.15) is 5.26 Å². The van der Waals surface area contributed by atoms with E-state index in [4.69, 9.17) is 5.26 Å². The SMILES string of the molecule is Cc1[nH]c2ccc(C(=O)NCCC#N)cc2c1C. The molecule has 0 bridgehead atoms. The van der Waals surface area contributed by atoms with Crippen molar-refractivity contribution in [2.75, 3.05) is 6.54 Å². The highest BCUT2D eigenvalue weighted by Gasteiger charge is 2.09. The Kier molecular flexibility index (Phi) is 3.33. The molecule has 4 nitrogen and oxygen atoms in total. The van der Waals surface area contributed by atoms with Gasteiger partial charge < -0.3 is 10.3 Å². The molecule has 0 aliphatic carbocycles. The molecule has 4 heteroatoms. The molecule has 0 fully saturated rings. The quantitative estimate of drug-likeness (QED) is 0.810. The first-order chi connectivity index (χ1) is 8.63. The number of aromatic nitrogens is 1. The molecule has 0 atom stereocenters. The maximum Gasteiger partial charge on any atom is 0.251 e. The third-order valence-corrected chi connectivity index (χ3v) is 3.09. The van der Waals surface area contributed by atoms with Gasteiger partial charge in [-0.1, -0.05) is 0 Å². The monoisotopic (exact) mass is 241 g/mol. The van der Waals surface area contributed by atoms with E-state index in [1.165, 1.54) is 0 Å². The summed E-state index contributed by atoms with van der Waals surface area (Å²) in [4.78, 5) is 15.1. The molecule has 1 heterocycles. The number of H-pyrrole nitrogens is 1. The lowest BCUT2D eigenvalue weighted by molar-refractivity contribution is 0.0954. The fraction of sp³-hybridized carbons (Fsp3) is 0.286. The van der Waals surface area contributed by atoms with Crippen LogP contribution in [-0.4, -0.2) is 17.4 Å². The number of nitrogens with one attached hydrogen (secondary N) is 2. The first kappa shape index (κ1) is 12.2. The number of aromatic amines is 1. The van der Waals surface area contributed by atoms with Crippen LogP contribution in [0, 0.1) is 25.2 Å². The van der Waals surface area contributed by atoms with Crippen LogP contribution in [0.1, 0.15) is 28.0 Å². The molecule has 0 unspecified atom stereocenters. The van der Waals surface area contributed by atoms with Crippen molar-refractivity contribution >= 4 is 16.8 Å². The highest BCUT2D eigenvalue weighted by Crippen LogP contribution is 2.22. The van der Waals surface area contributed by atoms with E-state index in [9.17, 15) is 4.79 Å². The van der Waals surface area contributed by atoms with Crippen LogP contribution in [0.3, 0.4) is 0 Å². The zero-order chi connectivity index (χ0) is 13.1. The van der Waals surface area contributed by atoms with E-state index in [0.29, 0.717) is 18.5 Å². The van der Waals surface area contributed by atoms with Gasteiger partial charge in [-0.05, 0) is 37.6 Å². The molecule has 2 N–H and O–H groups in total. The first-order valence-corrected chi connectivity index (χ1v) is 5.87. The van der Waals surface area contributed by atoms with Crippen LogP contribution in [0.5, 0.6) is 0 Å². The number of benzene rings is 1. The Morgan fingerprint density at radius 2 is 2.22 bits per heavy atom. The van der Waals surface area contributed by atoms with Gasteiger partial charge in [-0.25, -0.2) is 0 Å². The zero-order valence-corrected chi connectivity index (χ0v) is 10.5. The minimum Gasteiger partial charge on any atom is -0.358 e. The number of nitrogens with zero attached hydrogens (tertiary/aromatic N) is 1. The lowest BCUT2D eigenvalue weighted by Crippen LogP contribution is -2.24. The fourth-order valence-electron chi connectivity index (χ4n) is 1.94. The summed E-state index contributed by atoms with van der Waals surface area (Å²) in [6.45, 7) is 4.44. The molecule has 2 rings (SSSR count). The molecule has 92 valence electrons. The maximum atomic E-state index is 11.9. The molecule has 1 aromatic heterocycles. The van der Waals surface area contributed by atoms with Crippen molar-refractivity contribution in [3.05, 3.63) is 35.0 Å². The molecule has 0 saturated carbocycles. The number of hydrogen-bond donors (Lipinski definition) is 2. The summed E-state index contributed by atoms with van der Waals surface area (Å²) < 4.78 is 0. The Balaban J connectivity index is 2.27. The predicted molar refractivity (Wildman–Crippen MR) is 70.3 cm³/mol. The van der Waals surface area contributed by atoms with Crippen LogP contribution < -0.4 is 5.32 Å². The molecule has 0 spiro atoms. The number of amides is 1. The van der Waals surface area contributed by atoms with Crippen molar-refractivity contribution in [2.45, 2.75) is 20.3 Å². The number of rotatable bonds is 3. The number of fused-ring (bicyclic) bond motifs is 1. The second-order valence-electron chi connectivity index (χ2n) is 4.30. The summed E-state index contributed by atoms with van der Waals surface area (Å²) in [6, 6.07) is 7.58. The smallest absolute Gasteiger partial charge is 0.251 e. The van der Waals surface area contributed by atoms with Gasteiger partial charge in [-0.15, -0.1) is 0 Å². The molecule has 0 aliphatic heterocycles. The van der Waals surface area contributed by atoms with Crippen LogP contribution in [-0.2, 0) is 0 Å². The second-order valence-corrected chi connectivity index (χ2v) is 4.30. The van der Waals surface area contributed by atoms with Gasteiger partial charge in [-0.3, -0.25) is 4.79 Å². The summed E-state index contributed by atoms with van der Waals surface area (Å²) in [5, 5.41) is 12.2. The maximum absolute atomic E-state index is 11.9. The van der Waals surface area contributed by atoms with E-state index in [-0.39, 0.29) is 5.91 Å². The number of hydrogen-bond acceptors (Lipinski definition) is 2. The Labute approximate surface area is 106 Å². The minimum atomic E-state index is -0.134. The molecule has 18 heavy (non-hydrogen) atoms. The Morgan fingerprint density at radius 1 is 1.44 bits per heavy atom. The Hall–Kier alpha value is -2.28. The first-order valence-electron chi connectivity index (χ1n) is 5.87. The van der Waals surface area contributed by atoms with Crippen molar-refractivity contribution in [3.63, 3.8) is 0 Å². The number of carbonyl (C=O) groups excluding carboxylic acids is 1. The number of carbonyl (C=O) groups is 1. The normalized spacial score (nSPS) is 10.3. The summed E-state index contributed by atoms with van der Waals surface area (Å²) >= 11 is 0. The highest BCUT2D eigenvalue weighted by molar-refractivity contribution is 5.99. The standard InChI is InChI=1S/C14H15N3O/c1-9-10(2)17-13-5-4-11(8-12(9)13)14(18)16-7-3-6-15/h4-5,8,17H,3,7H2,1-2H3,(H,16,18). The van der Waals surface area contributed by atoms with Crippen molar-refractivity contribution in [1.29, 1.82) is 5.26 Å². The van der Waals surface area contributed by atoms with Gasteiger partial charge in [0.1, 0.15) is 0 Å². The van der Waals surface area contributed by atoms with E-state index < -0.39 is 0 Å². The van der Waals surface area contributed by atoms with Gasteiger partial charge in [0, 0.05) is 28.7 Å². The molecule has 1 aromatic carbocycles. The van der Waals surface area contributed by atoms with E-state index in [0.717, 1.165) is 22.2 Å². The second kappa shape index (κ2) is 4.92. The van der Waals surface area contributed by atoms with Crippen LogP contribution >= 0.6 is 0 Å². The third-order valence-electron chi connectivity index (χ3n) is 3.09. The van der Waals surface area contributed by atoms with E-state index in [2.05, 4.69) is 10.3 Å². The minimum absolute atomic E-state index is 0.134. The Bertz CT molecular complexity index is 634. The molecule has 0 aliphatic rings. The molecule has 0 radical (unpaired) electrons. The van der Waals surface area contributed by atoms with E-state index in [1.807, 2.05) is 32.0 Å². The number of aryl methyl sites for hydroxylation is 2. The van der Waals surface area contributed by atoms with Crippen LogP contribution in [0.25, 0.3) is 10.9 Å². The van der Waals surface area contributed by atoms with Gasteiger partial charge in [0.15, 0.2) is 0 Å². The largest absolute Gasteiger partial charge is 0.358 e. The lowest BCUT2D eigenvalue weighted by atomic mass is 10.1. The fourth-order valence-corrected chi connectivity index (χ4v) is 1.94. The molecule has 2 aromatic rings. The Morgan fingerprint density at radius 3 is 2.94 bits per heavy atom. The lowest BCUT2D eigenvalue weighted by Gasteiger charge is -2.03. The van der Waals surface area contributed by atoms with Gasteiger partial charge in [0.25, 0.3) is 5.91 Å². The highest BCUT2D eigenvalue weighted by atomic mass is 16.1. The van der Waals surface area contributed by atoms with Crippen molar-refractivity contribution in [1.82, 2.24) is 10.3 Å². The molecular formula is C14H15N3O. The van der Waals surface area contributed by atoms with Crippen LogP contribution in [0.15, 0.2) is 18.2 Å². The van der Waals surface area contributed by atoms with Crippen LogP contribution in [0.4, 0.5) is 0 Å². The summed E-state index contributed by atoms with van der Waals surface area (Å²) in [7, 11) is 0. The van der Waals surface area contributed by atoms with E-state index >= 15 is 0 Å². The average Bonchev–Trinajstić information content (AvgIpc) is 2.65. The van der Waals surface area contributed by atoms with Gasteiger partial charge in [0.2, 0.25) is 0 Å². The van der Waals surface area contributed by atoms with Crippen molar-refractivity contribution < 1.29 is 4.79 Å². The van der Waals surface area contributed by atoms with Crippen molar-refractivity contribution in [3.8, 4) is 6.07 Å². The number of nitriles is 1. The molecule has 0 saturated heterocycles.